The van der Waals surface area contributed by atoms with Crippen molar-refractivity contribution in [3.8, 4) is 0 Å². The second kappa shape index (κ2) is 5.61. The molecule has 1 aliphatic heterocycles. The number of halogens is 2. The average Bonchev–Trinajstić information content (AvgIpc) is 2.72. The molecule has 0 N–H and O–H groups in total. The molecule has 0 spiro atoms. The molecule has 1 fully saturated rings. The van der Waals surface area contributed by atoms with Crippen LogP contribution in [0.3, 0.4) is 0 Å². The van der Waals surface area contributed by atoms with E-state index in [0.717, 1.165) is 14.7 Å². The van der Waals surface area contributed by atoms with E-state index >= 15 is 0 Å². The van der Waals surface area contributed by atoms with Gasteiger partial charge in [-0.3, -0.25) is 4.79 Å². The summed E-state index contributed by atoms with van der Waals surface area (Å²) in [6, 6.07) is 1.91. The summed E-state index contributed by atoms with van der Waals surface area (Å²) < 4.78 is 6.77. The lowest BCUT2D eigenvalue weighted by atomic mass is 10.1. The molecular weight excluding hydrogens is 382 g/mol. The Morgan fingerprint density at radius 1 is 1.67 bits per heavy atom. The van der Waals surface area contributed by atoms with Crippen LogP contribution in [-0.4, -0.2) is 40.9 Å². The molecule has 6 heteroatoms. The van der Waals surface area contributed by atoms with Gasteiger partial charge in [0.15, 0.2) is 0 Å². The van der Waals surface area contributed by atoms with Crippen LogP contribution in [0, 0.1) is 0 Å². The minimum atomic E-state index is -0.296. The van der Waals surface area contributed by atoms with Crippen molar-refractivity contribution in [2.75, 3.05) is 18.4 Å². The van der Waals surface area contributed by atoms with Gasteiger partial charge >= 0.3 is 0 Å². The molecule has 3 nitrogen and oxygen atoms in total. The van der Waals surface area contributed by atoms with Crippen molar-refractivity contribution < 1.29 is 9.53 Å². The van der Waals surface area contributed by atoms with Crippen molar-refractivity contribution in [2.24, 2.45) is 0 Å². The van der Waals surface area contributed by atoms with Crippen molar-refractivity contribution in [2.45, 2.75) is 25.6 Å². The first kappa shape index (κ1) is 14.5. The van der Waals surface area contributed by atoms with Gasteiger partial charge in [-0.2, -0.15) is 0 Å². The van der Waals surface area contributed by atoms with Gasteiger partial charge in [-0.1, -0.05) is 15.9 Å². The van der Waals surface area contributed by atoms with E-state index in [-0.39, 0.29) is 17.6 Å². The zero-order chi connectivity index (χ0) is 13.3. The van der Waals surface area contributed by atoms with Gasteiger partial charge in [0, 0.05) is 22.9 Å². The molecule has 1 saturated heterocycles. The second-order valence-corrected chi connectivity index (χ2v) is 7.36. The van der Waals surface area contributed by atoms with Crippen molar-refractivity contribution >= 4 is 49.1 Å². The number of hydrogen-bond acceptors (Lipinski definition) is 3. The van der Waals surface area contributed by atoms with Crippen LogP contribution >= 0.6 is 43.2 Å². The number of alkyl halides is 1. The summed E-state index contributed by atoms with van der Waals surface area (Å²) in [6.07, 6.45) is 0.0523. The third kappa shape index (κ3) is 3.15. The maximum Gasteiger partial charge on any atom is 0.265 e. The first-order chi connectivity index (χ1) is 8.43. The fraction of sp³-hybridized carbons (Fsp3) is 0.583. The number of ether oxygens (including phenoxy) is 1. The maximum atomic E-state index is 12.5. The van der Waals surface area contributed by atoms with Gasteiger partial charge in [-0.25, -0.2) is 0 Å². The number of hydrogen-bond donors (Lipinski definition) is 0. The number of rotatable bonds is 2. The van der Waals surface area contributed by atoms with E-state index in [1.54, 1.807) is 0 Å². The van der Waals surface area contributed by atoms with Crippen LogP contribution in [0.4, 0.5) is 0 Å². The molecule has 100 valence electrons. The largest absolute Gasteiger partial charge is 0.368 e. The Kier molecular flexibility index (Phi) is 4.52. The molecule has 0 bridgehead atoms. The van der Waals surface area contributed by atoms with Gasteiger partial charge in [0.2, 0.25) is 0 Å². The smallest absolute Gasteiger partial charge is 0.265 e. The van der Waals surface area contributed by atoms with Gasteiger partial charge in [-0.05, 0) is 41.2 Å². The first-order valence-corrected chi connectivity index (χ1v) is 8.48. The Morgan fingerprint density at radius 3 is 2.94 bits per heavy atom. The Morgan fingerprint density at radius 2 is 2.39 bits per heavy atom. The molecule has 1 aromatic heterocycles. The lowest BCUT2D eigenvalue weighted by Crippen LogP contribution is -2.55. The molecule has 1 aliphatic rings. The minimum absolute atomic E-state index is 0.0523. The van der Waals surface area contributed by atoms with Crippen LogP contribution in [-0.2, 0) is 4.74 Å². The topological polar surface area (TPSA) is 29.5 Å². The van der Waals surface area contributed by atoms with Gasteiger partial charge in [0.05, 0.1) is 11.7 Å². The molecule has 0 radical (unpaired) electrons. The summed E-state index contributed by atoms with van der Waals surface area (Å²) in [4.78, 5) is 15.1. The highest BCUT2D eigenvalue weighted by Crippen LogP contribution is 2.28. The highest BCUT2D eigenvalue weighted by Gasteiger charge is 2.36. The third-order valence-electron chi connectivity index (χ3n) is 2.75. The van der Waals surface area contributed by atoms with E-state index < -0.39 is 0 Å². The number of carbonyl (C=O) groups is 1. The van der Waals surface area contributed by atoms with Crippen LogP contribution in [0.5, 0.6) is 0 Å². The van der Waals surface area contributed by atoms with Crippen LogP contribution in [0.2, 0.25) is 0 Å². The summed E-state index contributed by atoms with van der Waals surface area (Å²) in [5.41, 5.74) is -0.296. The van der Waals surface area contributed by atoms with Crippen molar-refractivity contribution in [1.82, 2.24) is 4.90 Å². The summed E-state index contributed by atoms with van der Waals surface area (Å²) in [5, 5.41) is 2.66. The van der Waals surface area contributed by atoms with Crippen molar-refractivity contribution in [3.05, 3.63) is 20.8 Å². The molecule has 1 aromatic rings. The second-order valence-electron chi connectivity index (χ2n) is 4.94. The molecular formula is C12H15Br2NO2S. The van der Waals surface area contributed by atoms with E-state index in [2.05, 4.69) is 31.9 Å². The lowest BCUT2D eigenvalue weighted by molar-refractivity contribution is -0.116. The monoisotopic (exact) mass is 395 g/mol. The lowest BCUT2D eigenvalue weighted by Gasteiger charge is -2.42. The summed E-state index contributed by atoms with van der Waals surface area (Å²) in [6.45, 7) is 5.30. The standard InChI is InChI=1S/C12H15Br2NO2S/c1-12(2)7-15(6-8(5-13)17-12)11(16)10-9(14)3-4-18-10/h3-4,8H,5-7H2,1-2H3. The van der Waals surface area contributed by atoms with Crippen molar-refractivity contribution in [1.29, 1.82) is 0 Å². The number of nitrogens with zero attached hydrogens (tertiary/aromatic N) is 1. The quantitative estimate of drug-likeness (QED) is 0.715. The normalized spacial score (nSPS) is 23.1. The molecule has 0 aromatic carbocycles. The predicted octanol–water partition coefficient (Wildman–Crippen LogP) is 3.53. The summed E-state index contributed by atoms with van der Waals surface area (Å²) in [7, 11) is 0. The number of carbonyl (C=O) groups excluding carboxylic acids is 1. The molecule has 1 atom stereocenters. The van der Waals surface area contributed by atoms with Gasteiger partial charge in [-0.15, -0.1) is 11.3 Å². The fourth-order valence-electron chi connectivity index (χ4n) is 2.12. The van der Waals surface area contributed by atoms with E-state index in [1.807, 2.05) is 30.2 Å². The third-order valence-corrected chi connectivity index (χ3v) is 5.30. The Hall–Kier alpha value is 0.0900. The van der Waals surface area contributed by atoms with Crippen molar-refractivity contribution in [3.63, 3.8) is 0 Å². The SMILES string of the molecule is CC1(C)CN(C(=O)c2sccc2Br)CC(CBr)O1. The van der Waals surface area contributed by atoms with E-state index in [9.17, 15) is 4.79 Å². The summed E-state index contributed by atoms with van der Waals surface area (Å²) in [5.74, 6) is 0.0826. The Bertz CT molecular complexity index is 447. The van der Waals surface area contributed by atoms with Gasteiger partial charge < -0.3 is 9.64 Å². The zero-order valence-corrected chi connectivity index (χ0v) is 14.3. The van der Waals surface area contributed by atoms with E-state index in [1.165, 1.54) is 11.3 Å². The summed E-state index contributed by atoms with van der Waals surface area (Å²) >= 11 is 8.32. The van der Waals surface area contributed by atoms with Gasteiger partial charge in [0.1, 0.15) is 4.88 Å². The Labute approximate surface area is 128 Å². The molecule has 0 aliphatic carbocycles. The Balaban J connectivity index is 2.17. The molecule has 1 amide bonds. The van der Waals surface area contributed by atoms with Crippen LogP contribution < -0.4 is 0 Å². The molecule has 0 saturated carbocycles. The van der Waals surface area contributed by atoms with Crippen LogP contribution in [0.25, 0.3) is 0 Å². The minimum Gasteiger partial charge on any atom is -0.368 e. The molecule has 18 heavy (non-hydrogen) atoms. The molecule has 2 rings (SSSR count). The highest BCUT2D eigenvalue weighted by molar-refractivity contribution is 9.10. The van der Waals surface area contributed by atoms with Gasteiger partial charge in [0.25, 0.3) is 5.91 Å². The number of amides is 1. The highest BCUT2D eigenvalue weighted by atomic mass is 79.9. The van der Waals surface area contributed by atoms with E-state index in [4.69, 9.17) is 4.74 Å². The predicted molar refractivity (Wildman–Crippen MR) is 80.7 cm³/mol. The average molecular weight is 397 g/mol. The van der Waals surface area contributed by atoms with Crippen LogP contribution in [0.15, 0.2) is 15.9 Å². The van der Waals surface area contributed by atoms with E-state index in [0.29, 0.717) is 13.1 Å². The first-order valence-electron chi connectivity index (χ1n) is 5.69. The maximum absolute atomic E-state index is 12.5. The number of morpholine rings is 1. The van der Waals surface area contributed by atoms with Crippen LogP contribution in [0.1, 0.15) is 23.5 Å². The number of thiophene rings is 1. The molecule has 2 heterocycles. The fourth-order valence-corrected chi connectivity index (χ4v) is 3.97. The zero-order valence-electron chi connectivity index (χ0n) is 10.3. The molecule has 1 unspecified atom stereocenters.